The van der Waals surface area contributed by atoms with Crippen molar-refractivity contribution < 1.29 is 4.79 Å². The highest BCUT2D eigenvalue weighted by Crippen LogP contribution is 2.21. The van der Waals surface area contributed by atoms with Gasteiger partial charge in [0.2, 0.25) is 0 Å². The Morgan fingerprint density at radius 1 is 1.23 bits per heavy atom. The molecule has 0 atom stereocenters. The molecule has 0 aliphatic carbocycles. The van der Waals surface area contributed by atoms with Crippen molar-refractivity contribution in [3.05, 3.63) is 36.5 Å². The van der Waals surface area contributed by atoms with Gasteiger partial charge >= 0.3 is 6.03 Å². The summed E-state index contributed by atoms with van der Waals surface area (Å²) in [6.45, 7) is 3.22. The van der Waals surface area contributed by atoms with Gasteiger partial charge in [-0.1, -0.05) is 6.07 Å². The Morgan fingerprint density at radius 3 is 2.88 bits per heavy atom. The van der Waals surface area contributed by atoms with Crippen molar-refractivity contribution in [1.29, 1.82) is 0 Å². The monoisotopic (exact) mass is 372 g/mol. The van der Waals surface area contributed by atoms with Crippen molar-refractivity contribution >= 4 is 35.0 Å². The molecule has 0 bridgehead atoms. The highest BCUT2D eigenvalue weighted by Gasteiger charge is 2.13. The summed E-state index contributed by atoms with van der Waals surface area (Å²) >= 11 is 1.64. The molecule has 2 amide bonds. The van der Waals surface area contributed by atoms with E-state index in [1.807, 2.05) is 36.6 Å². The lowest BCUT2D eigenvalue weighted by atomic mass is 10.3. The second kappa shape index (κ2) is 9.28. The third-order valence-corrected chi connectivity index (χ3v) is 4.88. The number of thioether (sulfide) groups is 1. The van der Waals surface area contributed by atoms with Crippen LogP contribution in [0.25, 0.3) is 0 Å². The minimum atomic E-state index is -0.220. The van der Waals surface area contributed by atoms with E-state index in [9.17, 15) is 4.79 Å². The molecule has 138 valence electrons. The molecule has 3 rings (SSSR count). The van der Waals surface area contributed by atoms with Gasteiger partial charge in [0.1, 0.15) is 0 Å². The zero-order chi connectivity index (χ0) is 18.2. The third-order valence-electron chi connectivity index (χ3n) is 4.16. The lowest BCUT2D eigenvalue weighted by molar-refractivity contribution is 0.252. The molecule has 1 aromatic heterocycles. The van der Waals surface area contributed by atoms with E-state index >= 15 is 0 Å². The second-order valence-electron chi connectivity index (χ2n) is 6.03. The normalized spacial score (nSPS) is 13.5. The number of hydrogen-bond acceptors (Lipinski definition) is 6. The van der Waals surface area contributed by atoms with Gasteiger partial charge in [0.25, 0.3) is 0 Å². The van der Waals surface area contributed by atoms with Crippen LogP contribution < -0.4 is 20.9 Å². The van der Waals surface area contributed by atoms with Crippen LogP contribution in [0.2, 0.25) is 0 Å². The topological polar surface area (TPSA) is 82.2 Å². The number of amides is 2. The smallest absolute Gasteiger partial charge is 0.319 e. The first-order chi connectivity index (χ1) is 12.7. The quantitative estimate of drug-likeness (QED) is 0.512. The Hall–Kier alpha value is -2.48. The van der Waals surface area contributed by atoms with Crippen molar-refractivity contribution in [3.63, 3.8) is 0 Å². The number of benzene rings is 1. The van der Waals surface area contributed by atoms with E-state index in [2.05, 4.69) is 31.0 Å². The summed E-state index contributed by atoms with van der Waals surface area (Å²) in [5, 5.41) is 17.0. The van der Waals surface area contributed by atoms with Gasteiger partial charge in [-0.05, 0) is 37.3 Å². The molecule has 2 heterocycles. The Balaban J connectivity index is 1.41. The Morgan fingerprint density at radius 2 is 2.08 bits per heavy atom. The fourth-order valence-electron chi connectivity index (χ4n) is 2.83. The van der Waals surface area contributed by atoms with Crippen molar-refractivity contribution in [3.8, 4) is 0 Å². The number of hydrogen-bond donors (Lipinski definition) is 3. The van der Waals surface area contributed by atoms with E-state index in [0.29, 0.717) is 13.1 Å². The fourth-order valence-corrected chi connectivity index (χ4v) is 3.29. The van der Waals surface area contributed by atoms with Crippen LogP contribution in [0, 0.1) is 0 Å². The number of urea groups is 1. The predicted octanol–water partition coefficient (Wildman–Crippen LogP) is 3.03. The van der Waals surface area contributed by atoms with Gasteiger partial charge in [0, 0.05) is 42.8 Å². The Labute approximate surface area is 158 Å². The Kier molecular flexibility index (Phi) is 6.54. The zero-order valence-corrected chi connectivity index (χ0v) is 15.7. The minimum Gasteiger partial charge on any atom is -0.370 e. The first-order valence-corrected chi connectivity index (χ1v) is 9.97. The molecule has 2 aromatic rings. The molecular formula is C18H24N6OS. The first-order valence-electron chi connectivity index (χ1n) is 8.75. The van der Waals surface area contributed by atoms with E-state index in [1.54, 1.807) is 18.0 Å². The van der Waals surface area contributed by atoms with Gasteiger partial charge in [-0.15, -0.1) is 16.9 Å². The summed E-state index contributed by atoms with van der Waals surface area (Å²) in [7, 11) is 0. The number of anilines is 3. The Bertz CT molecular complexity index is 735. The molecule has 1 aliphatic heterocycles. The standard InChI is InChI=1S/C18H24N6OS/c1-26-16-6-4-5-14(11-16)22-18(25)20-8-7-19-17-12-15(13-21-23-17)24-9-2-3-10-24/h4-6,11-13H,2-3,7-10H2,1H3,(H,19,23)(H2,20,22,25). The van der Waals surface area contributed by atoms with Crippen LogP contribution in [0.5, 0.6) is 0 Å². The van der Waals surface area contributed by atoms with E-state index in [1.165, 1.54) is 12.8 Å². The van der Waals surface area contributed by atoms with E-state index < -0.39 is 0 Å². The van der Waals surface area contributed by atoms with Crippen LogP contribution in [0.3, 0.4) is 0 Å². The van der Waals surface area contributed by atoms with Crippen LogP contribution in [0.4, 0.5) is 22.0 Å². The molecule has 7 nitrogen and oxygen atoms in total. The largest absolute Gasteiger partial charge is 0.370 e. The molecule has 0 unspecified atom stereocenters. The lowest BCUT2D eigenvalue weighted by Crippen LogP contribution is -2.32. The molecule has 1 fully saturated rings. The highest BCUT2D eigenvalue weighted by molar-refractivity contribution is 7.98. The average molecular weight is 372 g/mol. The summed E-state index contributed by atoms with van der Waals surface area (Å²) < 4.78 is 0. The van der Waals surface area contributed by atoms with Crippen LogP contribution in [0.1, 0.15) is 12.8 Å². The minimum absolute atomic E-state index is 0.220. The van der Waals surface area contributed by atoms with Gasteiger partial charge in [-0.25, -0.2) is 4.79 Å². The van der Waals surface area contributed by atoms with E-state index in [4.69, 9.17) is 0 Å². The number of carbonyl (C=O) groups is 1. The second-order valence-corrected chi connectivity index (χ2v) is 6.91. The van der Waals surface area contributed by atoms with Crippen molar-refractivity contribution in [2.24, 2.45) is 0 Å². The maximum atomic E-state index is 12.0. The third kappa shape index (κ3) is 5.26. The van der Waals surface area contributed by atoms with Crippen LogP contribution in [0.15, 0.2) is 41.4 Å². The number of nitrogens with one attached hydrogen (secondary N) is 3. The lowest BCUT2D eigenvalue weighted by Gasteiger charge is -2.17. The molecule has 8 heteroatoms. The van der Waals surface area contributed by atoms with Gasteiger partial charge in [0.05, 0.1) is 11.9 Å². The molecule has 1 saturated heterocycles. The maximum absolute atomic E-state index is 12.0. The number of nitrogens with zero attached hydrogens (tertiary/aromatic N) is 3. The molecule has 3 N–H and O–H groups in total. The summed E-state index contributed by atoms with van der Waals surface area (Å²) in [5.41, 5.74) is 1.88. The molecular weight excluding hydrogens is 348 g/mol. The number of rotatable bonds is 7. The number of carbonyl (C=O) groups excluding carboxylic acids is 1. The number of aromatic nitrogens is 2. The van der Waals surface area contributed by atoms with Crippen molar-refractivity contribution in [2.75, 3.05) is 48.0 Å². The maximum Gasteiger partial charge on any atom is 0.319 e. The molecule has 0 spiro atoms. The molecule has 0 saturated carbocycles. The summed E-state index contributed by atoms with van der Waals surface area (Å²) in [5.74, 6) is 0.726. The van der Waals surface area contributed by atoms with Crippen molar-refractivity contribution in [2.45, 2.75) is 17.7 Å². The van der Waals surface area contributed by atoms with E-state index in [0.717, 1.165) is 35.2 Å². The molecule has 1 aliphatic rings. The molecule has 26 heavy (non-hydrogen) atoms. The van der Waals surface area contributed by atoms with E-state index in [-0.39, 0.29) is 6.03 Å². The molecule has 0 radical (unpaired) electrons. The summed E-state index contributed by atoms with van der Waals surface area (Å²) in [6.07, 6.45) is 6.26. The highest BCUT2D eigenvalue weighted by atomic mass is 32.2. The van der Waals surface area contributed by atoms with Crippen LogP contribution in [-0.2, 0) is 0 Å². The summed E-state index contributed by atoms with van der Waals surface area (Å²) in [4.78, 5) is 15.4. The fraction of sp³-hybridized carbons (Fsp3) is 0.389. The summed E-state index contributed by atoms with van der Waals surface area (Å²) in [6, 6.07) is 9.54. The van der Waals surface area contributed by atoms with Gasteiger partial charge < -0.3 is 20.9 Å². The predicted molar refractivity (Wildman–Crippen MR) is 107 cm³/mol. The van der Waals surface area contributed by atoms with Crippen LogP contribution in [-0.4, -0.2) is 48.7 Å². The SMILES string of the molecule is CSc1cccc(NC(=O)NCCNc2cc(N3CCCC3)cnn2)c1. The van der Waals surface area contributed by atoms with Crippen LogP contribution >= 0.6 is 11.8 Å². The van der Waals surface area contributed by atoms with Gasteiger partial charge in [-0.2, -0.15) is 5.10 Å². The average Bonchev–Trinajstić information content (AvgIpc) is 3.20. The zero-order valence-electron chi connectivity index (χ0n) is 14.9. The van der Waals surface area contributed by atoms with Gasteiger partial charge in [0.15, 0.2) is 5.82 Å². The van der Waals surface area contributed by atoms with Crippen molar-refractivity contribution in [1.82, 2.24) is 15.5 Å². The molecule has 1 aromatic carbocycles. The van der Waals surface area contributed by atoms with Gasteiger partial charge in [-0.3, -0.25) is 0 Å². The first kappa shape index (κ1) is 18.3.